The average Bonchev–Trinajstić information content (AvgIpc) is 3.47. The molecule has 485 valence electrons. The van der Waals surface area contributed by atoms with Gasteiger partial charge in [-0.25, -0.2) is 4.57 Å². The summed E-state index contributed by atoms with van der Waals surface area (Å²) in [6.07, 6.45) is 34.5. The van der Waals surface area contributed by atoms with Crippen LogP contribution >= 0.6 is 7.82 Å². The van der Waals surface area contributed by atoms with Crippen LogP contribution in [0.1, 0.15) is 244 Å². The quantitative estimate of drug-likeness (QED) is 0.0230. The Bertz CT molecular complexity index is 1900. The van der Waals surface area contributed by atoms with Crippen molar-refractivity contribution in [2.45, 2.75) is 257 Å². The summed E-state index contributed by atoms with van der Waals surface area (Å²) in [5.41, 5.74) is 1.15. The Kier molecular flexibility index (Phi) is 48.3. The van der Waals surface area contributed by atoms with Crippen molar-refractivity contribution in [1.29, 1.82) is 0 Å². The summed E-state index contributed by atoms with van der Waals surface area (Å²) in [6.45, 7) is 2.90. The van der Waals surface area contributed by atoms with E-state index in [1.54, 1.807) is 32.9 Å². The van der Waals surface area contributed by atoms with Crippen LogP contribution in [0.3, 0.4) is 0 Å². The molecular formula is C61H108N5O15PTm. The summed E-state index contributed by atoms with van der Waals surface area (Å²) in [5.74, 6) is -4.97. The first kappa shape index (κ1) is 78.2. The van der Waals surface area contributed by atoms with Crippen molar-refractivity contribution in [2.24, 2.45) is 0 Å². The maximum absolute atomic E-state index is 13.0. The molecule has 0 saturated carbocycles. The fraction of sp³-hybridized carbons (Fsp3) is 0.820. The van der Waals surface area contributed by atoms with Gasteiger partial charge in [0.25, 0.3) is 0 Å². The Morgan fingerprint density at radius 3 is 1.39 bits per heavy atom. The molecule has 5 N–H and O–H groups in total. The van der Waals surface area contributed by atoms with Gasteiger partial charge in [0, 0.05) is 102 Å². The number of amides is 1. The fourth-order valence-corrected chi connectivity index (χ4v) is 11.0. The molecule has 20 nitrogen and oxygen atoms in total. The Labute approximate surface area is 526 Å². The van der Waals surface area contributed by atoms with E-state index in [-0.39, 0.29) is 128 Å². The molecule has 0 aliphatic carbocycles. The topological polar surface area (TPSA) is 272 Å². The van der Waals surface area contributed by atoms with Crippen molar-refractivity contribution >= 4 is 43.6 Å². The van der Waals surface area contributed by atoms with Gasteiger partial charge in [-0.1, -0.05) is 200 Å². The van der Waals surface area contributed by atoms with E-state index in [0.29, 0.717) is 24.2 Å². The second kappa shape index (κ2) is 51.3. The summed E-state index contributed by atoms with van der Waals surface area (Å²) >= 11 is 0. The molecule has 3 atom stereocenters. The van der Waals surface area contributed by atoms with Crippen LogP contribution in [-0.2, 0) is 64.9 Å². The van der Waals surface area contributed by atoms with Crippen molar-refractivity contribution in [3.8, 4) is 0 Å². The van der Waals surface area contributed by atoms with Gasteiger partial charge in [-0.2, -0.15) is 0 Å². The second-order valence-electron chi connectivity index (χ2n) is 22.4. The summed E-state index contributed by atoms with van der Waals surface area (Å²) in [4.78, 5) is 95.0. The molecule has 1 aliphatic heterocycles. The van der Waals surface area contributed by atoms with Crippen LogP contribution in [0.25, 0.3) is 0 Å². The number of hydrogen-bond acceptors (Lipinski definition) is 15. The van der Waals surface area contributed by atoms with Crippen molar-refractivity contribution < 1.29 is 109 Å². The fourth-order valence-electron chi connectivity index (χ4n) is 10.2. The SMILES string of the molecule is CCCCCCCCCCCCCCCCCC(=O)OC[C@H](COP(=O)(O)OCCNC(=O)CCC(C(=O)O)N1CCN(CC(=O)O)Cc2cccc(n2)CN(CC(=O)O)CC1)OC(=O)CCCCCCCCCCCCCCCCC.[Tm]. The second-order valence-corrected chi connectivity index (χ2v) is 23.9. The average molecular weight is 1350 g/mol. The number of ether oxygens (including phenoxy) is 2. The number of pyridine rings is 1. The smallest absolute Gasteiger partial charge is 0.472 e. The van der Waals surface area contributed by atoms with Crippen LogP contribution in [0.5, 0.6) is 0 Å². The number of phosphoric acid groups is 1. The number of nitrogens with zero attached hydrogens (tertiary/aromatic N) is 4. The first-order chi connectivity index (χ1) is 39.6. The Balaban J connectivity index is 0.0000344. The standard InChI is InChI=1S/C61H108N5O15P.Tm/c1-3-5-7-9-11-13-15-17-19-21-23-25-27-29-31-36-59(72)78-50-54(81-60(73)37-32-30-28-26-24-22-20-18-16-14-12-10-8-6-4-2)51-80-82(76,77)79-45-40-62-56(67)39-38-55(61(74)75)66-43-41-64(48-57(68)69)46-52-34-33-35-53(63-52)47-65(42-44-66)49-58(70)71;/h33-35,54-55H,3-32,36-51H2,1-2H3,(H,62,67)(H,68,69)(H,70,71)(H,74,75)(H,76,77);/t54-,55?;/m1./s1. The van der Waals surface area contributed by atoms with E-state index in [9.17, 15) is 53.5 Å². The van der Waals surface area contributed by atoms with E-state index in [2.05, 4.69) is 24.1 Å². The molecule has 0 aromatic carbocycles. The van der Waals surface area contributed by atoms with E-state index >= 15 is 0 Å². The molecule has 0 saturated heterocycles. The predicted molar refractivity (Wildman–Crippen MR) is 317 cm³/mol. The number of carbonyl (C=O) groups is 6. The number of carboxylic acid groups (broad SMARTS) is 3. The van der Waals surface area contributed by atoms with Gasteiger partial charge in [0.05, 0.1) is 37.7 Å². The molecule has 1 aromatic heterocycles. The number of aromatic nitrogens is 1. The molecule has 83 heavy (non-hydrogen) atoms. The molecule has 2 heterocycles. The van der Waals surface area contributed by atoms with Gasteiger partial charge in [-0.05, 0) is 31.4 Å². The first-order valence-corrected chi connectivity index (χ1v) is 33.1. The molecule has 2 rings (SSSR count). The maximum Gasteiger partial charge on any atom is 0.472 e. The number of nitrogens with one attached hydrogen (secondary N) is 1. The molecule has 1 radical (unpaired) electrons. The van der Waals surface area contributed by atoms with Crippen LogP contribution in [0, 0.1) is 36.9 Å². The van der Waals surface area contributed by atoms with Gasteiger partial charge in [-0.15, -0.1) is 0 Å². The predicted octanol–water partition coefficient (Wildman–Crippen LogP) is 11.6. The third-order valence-corrected chi connectivity index (χ3v) is 15.9. The number of hydrogen-bond donors (Lipinski definition) is 5. The minimum atomic E-state index is -4.78. The van der Waals surface area contributed by atoms with Crippen molar-refractivity contribution in [1.82, 2.24) is 25.0 Å². The number of fused-ring (bicyclic) bond motifs is 2. The molecule has 0 fully saturated rings. The van der Waals surface area contributed by atoms with E-state index < -0.39 is 68.9 Å². The zero-order chi connectivity index (χ0) is 59.9. The van der Waals surface area contributed by atoms with Crippen LogP contribution in [-0.4, -0.2) is 153 Å². The third kappa shape index (κ3) is 44.3. The number of esters is 2. The number of carboxylic acids is 3. The van der Waals surface area contributed by atoms with Crippen LogP contribution in [0.2, 0.25) is 0 Å². The molecule has 1 aliphatic rings. The van der Waals surface area contributed by atoms with Crippen LogP contribution < -0.4 is 5.32 Å². The van der Waals surface area contributed by atoms with Crippen molar-refractivity contribution in [3.63, 3.8) is 0 Å². The summed E-state index contributed by atoms with van der Waals surface area (Å²) < 4.78 is 34.4. The maximum atomic E-state index is 13.0. The summed E-state index contributed by atoms with van der Waals surface area (Å²) in [7, 11) is -4.78. The Morgan fingerprint density at radius 2 is 0.976 bits per heavy atom. The Hall–Kier alpha value is -2.81. The number of unbranched alkanes of at least 4 members (excludes halogenated alkanes) is 28. The third-order valence-electron chi connectivity index (χ3n) is 14.9. The number of carbonyl (C=O) groups excluding carboxylic acids is 3. The van der Waals surface area contributed by atoms with Gasteiger partial charge < -0.3 is 35.0 Å². The monoisotopic (exact) mass is 1350 g/mol. The molecule has 2 bridgehead atoms. The normalized spacial score (nSPS) is 15.0. The number of rotatable bonds is 51. The summed E-state index contributed by atoms with van der Waals surface area (Å²) in [5, 5.41) is 32.1. The van der Waals surface area contributed by atoms with E-state index in [0.717, 1.165) is 38.5 Å². The van der Waals surface area contributed by atoms with Crippen LogP contribution in [0.15, 0.2) is 18.2 Å². The number of phosphoric ester groups is 1. The minimum Gasteiger partial charge on any atom is -0.480 e. The zero-order valence-electron chi connectivity index (χ0n) is 50.7. The molecule has 1 amide bonds. The van der Waals surface area contributed by atoms with E-state index in [4.69, 9.17) is 18.5 Å². The molecular weight excluding hydrogens is 1240 g/mol. The molecule has 2 unspecified atom stereocenters. The Morgan fingerprint density at radius 1 is 0.566 bits per heavy atom. The zero-order valence-corrected chi connectivity index (χ0v) is 53.4. The van der Waals surface area contributed by atoms with Gasteiger partial charge in [-0.3, -0.25) is 57.5 Å². The van der Waals surface area contributed by atoms with Gasteiger partial charge in [0.1, 0.15) is 12.6 Å². The van der Waals surface area contributed by atoms with E-state index in [1.165, 1.54) is 141 Å². The summed E-state index contributed by atoms with van der Waals surface area (Å²) in [6, 6.07) is 4.04. The minimum absolute atomic E-state index is 0. The van der Waals surface area contributed by atoms with Gasteiger partial charge >= 0.3 is 37.7 Å². The van der Waals surface area contributed by atoms with Crippen LogP contribution in [0.4, 0.5) is 0 Å². The molecule has 1 aromatic rings. The van der Waals surface area contributed by atoms with Crippen molar-refractivity contribution in [2.75, 3.05) is 65.6 Å². The molecule has 22 heteroatoms. The molecule has 0 spiro atoms. The van der Waals surface area contributed by atoms with Gasteiger partial charge in [0.15, 0.2) is 6.10 Å². The van der Waals surface area contributed by atoms with E-state index in [1.807, 2.05) is 0 Å². The largest absolute Gasteiger partial charge is 0.480 e. The van der Waals surface area contributed by atoms with Crippen molar-refractivity contribution in [3.05, 3.63) is 29.6 Å². The van der Waals surface area contributed by atoms with Gasteiger partial charge in [0.2, 0.25) is 5.91 Å². The first-order valence-electron chi connectivity index (χ1n) is 31.6. The number of aliphatic carboxylic acids is 3.